The quantitative estimate of drug-likeness (QED) is 0.842. The van der Waals surface area contributed by atoms with Crippen LogP contribution in [0.25, 0.3) is 0 Å². The van der Waals surface area contributed by atoms with Crippen LogP contribution in [0.1, 0.15) is 24.8 Å². The molecule has 1 N–H and O–H groups in total. The van der Waals surface area contributed by atoms with Crippen molar-refractivity contribution >= 4 is 22.4 Å². The third kappa shape index (κ3) is 3.77. The molecule has 0 spiro atoms. The summed E-state index contributed by atoms with van der Waals surface area (Å²) in [6.07, 6.45) is 1.19. The van der Waals surface area contributed by atoms with Crippen LogP contribution < -0.4 is 5.32 Å². The highest BCUT2D eigenvalue weighted by atomic mass is 35.5. The Balaban J connectivity index is 0.00000208. The average Bonchev–Trinajstić information content (AvgIpc) is 3.06. The summed E-state index contributed by atoms with van der Waals surface area (Å²) in [4.78, 5) is 2.62. The van der Waals surface area contributed by atoms with E-state index < -0.39 is 10.0 Å². The number of aromatic nitrogens is 1. The van der Waals surface area contributed by atoms with Crippen molar-refractivity contribution in [3.05, 3.63) is 11.5 Å². The monoisotopic (exact) mass is 378 g/mol. The fourth-order valence-electron chi connectivity index (χ4n) is 3.64. The van der Waals surface area contributed by atoms with E-state index in [0.29, 0.717) is 30.0 Å². The summed E-state index contributed by atoms with van der Waals surface area (Å²) in [6.45, 7) is 11.4. The van der Waals surface area contributed by atoms with Crippen LogP contribution in [0, 0.1) is 19.3 Å². The molecule has 3 rings (SSSR count). The summed E-state index contributed by atoms with van der Waals surface area (Å²) in [5.74, 6) is 0.370. The van der Waals surface area contributed by atoms with Crippen molar-refractivity contribution in [3.63, 3.8) is 0 Å². The van der Waals surface area contributed by atoms with Crippen molar-refractivity contribution in [2.45, 2.75) is 32.1 Å². The van der Waals surface area contributed by atoms with Crippen LogP contribution in [-0.4, -0.2) is 68.6 Å². The predicted molar refractivity (Wildman–Crippen MR) is 94.0 cm³/mol. The average molecular weight is 379 g/mol. The van der Waals surface area contributed by atoms with Crippen LogP contribution in [0.15, 0.2) is 9.42 Å². The van der Waals surface area contributed by atoms with Gasteiger partial charge in [0.15, 0.2) is 5.76 Å². The Morgan fingerprint density at radius 1 is 1.25 bits per heavy atom. The molecule has 0 aliphatic carbocycles. The van der Waals surface area contributed by atoms with Gasteiger partial charge >= 0.3 is 0 Å². The van der Waals surface area contributed by atoms with Crippen molar-refractivity contribution in [2.24, 2.45) is 5.41 Å². The third-order valence-electron chi connectivity index (χ3n) is 4.96. The van der Waals surface area contributed by atoms with E-state index in [9.17, 15) is 8.42 Å². The van der Waals surface area contributed by atoms with Gasteiger partial charge in [0.25, 0.3) is 0 Å². The zero-order valence-electron chi connectivity index (χ0n) is 14.5. The molecule has 2 aliphatic rings. The van der Waals surface area contributed by atoms with Gasteiger partial charge < -0.3 is 14.7 Å². The van der Waals surface area contributed by atoms with E-state index in [0.717, 1.165) is 32.7 Å². The first kappa shape index (κ1) is 19.7. The van der Waals surface area contributed by atoms with Gasteiger partial charge in [-0.3, -0.25) is 0 Å². The first-order chi connectivity index (χ1) is 10.8. The lowest BCUT2D eigenvalue weighted by Gasteiger charge is -2.38. The van der Waals surface area contributed by atoms with Crippen molar-refractivity contribution in [1.29, 1.82) is 0 Å². The number of rotatable bonds is 4. The lowest BCUT2D eigenvalue weighted by atomic mass is 9.89. The number of sulfonamides is 1. The molecule has 7 nitrogen and oxygen atoms in total. The Morgan fingerprint density at radius 3 is 2.42 bits per heavy atom. The summed E-state index contributed by atoms with van der Waals surface area (Å²) in [7, 11) is -3.51. The molecule has 2 saturated heterocycles. The van der Waals surface area contributed by atoms with E-state index in [4.69, 9.17) is 4.52 Å². The zero-order valence-corrected chi connectivity index (χ0v) is 16.2. The molecule has 9 heteroatoms. The van der Waals surface area contributed by atoms with Crippen LogP contribution in [0.3, 0.4) is 0 Å². The molecule has 1 aromatic heterocycles. The number of hydrogen-bond acceptors (Lipinski definition) is 6. The Morgan fingerprint density at radius 2 is 1.92 bits per heavy atom. The van der Waals surface area contributed by atoms with E-state index in [1.165, 1.54) is 6.42 Å². The molecule has 138 valence electrons. The highest BCUT2D eigenvalue weighted by Gasteiger charge is 2.36. The standard InChI is InChI=1S/C15H26N4O3S.ClH/c1-12-14(13(2)22-17-12)23(20,21)19-8-6-18(7-9-19)11-15(3)4-5-16-10-15;/h16H,4-11H2,1-3H3;1H. The van der Waals surface area contributed by atoms with Crippen LogP contribution in [0.5, 0.6) is 0 Å². The predicted octanol–water partition coefficient (Wildman–Crippen LogP) is 1.02. The van der Waals surface area contributed by atoms with Crippen molar-refractivity contribution in [2.75, 3.05) is 45.8 Å². The minimum absolute atomic E-state index is 0. The minimum atomic E-state index is -3.51. The molecule has 1 atom stereocenters. The Labute approximate surface area is 150 Å². The SMILES string of the molecule is Cc1noc(C)c1S(=O)(=O)N1CCN(CC2(C)CCNC2)CC1.Cl. The van der Waals surface area contributed by atoms with Crippen LogP contribution in [0.2, 0.25) is 0 Å². The van der Waals surface area contributed by atoms with Gasteiger partial charge in [-0.05, 0) is 32.2 Å². The molecule has 0 amide bonds. The normalized spacial score (nSPS) is 26.5. The van der Waals surface area contributed by atoms with Crippen LogP contribution >= 0.6 is 12.4 Å². The molecule has 2 aliphatic heterocycles. The molecular weight excluding hydrogens is 352 g/mol. The summed E-state index contributed by atoms with van der Waals surface area (Å²) < 4.78 is 32.2. The molecule has 1 aromatic rings. The van der Waals surface area contributed by atoms with Gasteiger partial charge in [0.1, 0.15) is 10.6 Å². The zero-order chi connectivity index (χ0) is 16.7. The van der Waals surface area contributed by atoms with Gasteiger partial charge in [-0.2, -0.15) is 4.31 Å². The molecule has 24 heavy (non-hydrogen) atoms. The third-order valence-corrected chi connectivity index (χ3v) is 7.10. The number of nitrogens with one attached hydrogen (secondary N) is 1. The first-order valence-corrected chi connectivity index (χ1v) is 9.62. The second-order valence-corrected chi connectivity index (χ2v) is 8.95. The maximum Gasteiger partial charge on any atom is 0.248 e. The number of piperazine rings is 1. The molecule has 0 aromatic carbocycles. The highest BCUT2D eigenvalue weighted by Crippen LogP contribution is 2.28. The molecule has 0 saturated carbocycles. The van der Waals surface area contributed by atoms with Gasteiger partial charge in [0.2, 0.25) is 10.0 Å². The first-order valence-electron chi connectivity index (χ1n) is 8.18. The Hall–Kier alpha value is -0.670. The summed E-state index contributed by atoms with van der Waals surface area (Å²) in [5, 5.41) is 7.19. The molecule has 1 unspecified atom stereocenters. The number of nitrogens with zero attached hydrogens (tertiary/aromatic N) is 3. The molecule has 3 heterocycles. The Bertz CT molecular complexity index is 643. The second kappa shape index (κ2) is 7.29. The second-order valence-electron chi connectivity index (χ2n) is 7.07. The van der Waals surface area contributed by atoms with Gasteiger partial charge in [0.05, 0.1) is 0 Å². The van der Waals surface area contributed by atoms with E-state index in [-0.39, 0.29) is 17.3 Å². The lowest BCUT2D eigenvalue weighted by Crippen LogP contribution is -2.51. The van der Waals surface area contributed by atoms with Crippen molar-refractivity contribution in [3.8, 4) is 0 Å². The smallest absolute Gasteiger partial charge is 0.248 e. The summed E-state index contributed by atoms with van der Waals surface area (Å²) in [6, 6.07) is 0. The number of halogens is 1. The summed E-state index contributed by atoms with van der Waals surface area (Å²) in [5.41, 5.74) is 0.748. The molecule has 0 bridgehead atoms. The number of hydrogen-bond donors (Lipinski definition) is 1. The molecular formula is C15H27ClN4O3S. The number of aryl methyl sites for hydroxylation is 2. The maximum atomic E-state index is 12.8. The summed E-state index contributed by atoms with van der Waals surface area (Å²) >= 11 is 0. The Kier molecular flexibility index (Phi) is 5.97. The molecule has 0 radical (unpaired) electrons. The van der Waals surface area contributed by atoms with Crippen LogP contribution in [-0.2, 0) is 10.0 Å². The van der Waals surface area contributed by atoms with E-state index in [2.05, 4.69) is 22.3 Å². The fraction of sp³-hybridized carbons (Fsp3) is 0.800. The van der Waals surface area contributed by atoms with E-state index in [1.807, 2.05) is 0 Å². The highest BCUT2D eigenvalue weighted by molar-refractivity contribution is 7.89. The van der Waals surface area contributed by atoms with Crippen molar-refractivity contribution in [1.82, 2.24) is 19.7 Å². The van der Waals surface area contributed by atoms with Crippen molar-refractivity contribution < 1.29 is 12.9 Å². The van der Waals surface area contributed by atoms with Gasteiger partial charge in [-0.1, -0.05) is 12.1 Å². The maximum absolute atomic E-state index is 12.8. The van der Waals surface area contributed by atoms with Gasteiger partial charge in [-0.25, -0.2) is 8.42 Å². The largest absolute Gasteiger partial charge is 0.360 e. The molecule has 2 fully saturated rings. The van der Waals surface area contributed by atoms with Crippen LogP contribution in [0.4, 0.5) is 0 Å². The lowest BCUT2D eigenvalue weighted by molar-refractivity contribution is 0.132. The van der Waals surface area contributed by atoms with Gasteiger partial charge in [0, 0.05) is 39.3 Å². The minimum Gasteiger partial charge on any atom is -0.360 e. The topological polar surface area (TPSA) is 78.7 Å². The fourth-order valence-corrected chi connectivity index (χ4v) is 5.36. The van der Waals surface area contributed by atoms with E-state index >= 15 is 0 Å². The van der Waals surface area contributed by atoms with Gasteiger partial charge in [-0.15, -0.1) is 12.4 Å². The van der Waals surface area contributed by atoms with E-state index in [1.54, 1.807) is 18.2 Å².